The number of aliphatic hydroxyl groups is 1. The lowest BCUT2D eigenvalue weighted by atomic mass is 9.93. The summed E-state index contributed by atoms with van der Waals surface area (Å²) < 4.78 is 91.7. The van der Waals surface area contributed by atoms with Crippen molar-refractivity contribution in [2.45, 2.75) is 68.4 Å². The number of carbonyl (C=O) groups is 2. The van der Waals surface area contributed by atoms with E-state index >= 15 is 0 Å². The number of sulfonamides is 1. The minimum atomic E-state index is -4.71. The summed E-state index contributed by atoms with van der Waals surface area (Å²) >= 11 is 0. The number of benzene rings is 3. The third-order valence-electron chi connectivity index (χ3n) is 6.87. The summed E-state index contributed by atoms with van der Waals surface area (Å²) in [6, 6.07) is 14.9. The van der Waals surface area contributed by atoms with Crippen LogP contribution in [0.4, 0.5) is 13.2 Å². The van der Waals surface area contributed by atoms with E-state index in [0.717, 1.165) is 12.1 Å². The number of hydrogen-bond acceptors (Lipinski definition) is 7. The molecule has 15 heteroatoms. The maximum atomic E-state index is 13.6. The second-order valence-corrected chi connectivity index (χ2v) is 16.0. The summed E-state index contributed by atoms with van der Waals surface area (Å²) in [7, 11) is -8.67. The van der Waals surface area contributed by atoms with Gasteiger partial charge in [-0.15, -0.1) is 0 Å². The Morgan fingerprint density at radius 2 is 1.40 bits per heavy atom. The van der Waals surface area contributed by atoms with Crippen LogP contribution in [-0.2, 0) is 43.7 Å². The molecule has 0 spiro atoms. The molecule has 0 aliphatic carbocycles. The van der Waals surface area contributed by atoms with E-state index in [1.54, 1.807) is 54.6 Å². The third-order valence-corrected chi connectivity index (χ3v) is 9.35. The van der Waals surface area contributed by atoms with Crippen LogP contribution >= 0.6 is 0 Å². The molecule has 0 saturated carbocycles. The van der Waals surface area contributed by atoms with E-state index in [4.69, 9.17) is 0 Å². The average molecular weight is 698 g/mol. The van der Waals surface area contributed by atoms with Gasteiger partial charge in [0.25, 0.3) is 5.91 Å². The summed E-state index contributed by atoms with van der Waals surface area (Å²) in [4.78, 5) is 26.0. The van der Waals surface area contributed by atoms with Gasteiger partial charge in [-0.3, -0.25) is 9.59 Å². The van der Waals surface area contributed by atoms with Crippen LogP contribution in [0.15, 0.2) is 83.8 Å². The van der Waals surface area contributed by atoms with Gasteiger partial charge in [-0.1, -0.05) is 48.5 Å². The lowest BCUT2D eigenvalue weighted by Crippen LogP contribution is -2.55. The van der Waals surface area contributed by atoms with Gasteiger partial charge in [0.1, 0.15) is 6.04 Å². The molecule has 0 radical (unpaired) electrons. The highest BCUT2D eigenvalue weighted by Crippen LogP contribution is 2.30. The number of carbonyl (C=O) groups excluding carboxylic acids is 2. The Hall–Kier alpha value is -3.79. The van der Waals surface area contributed by atoms with Crippen LogP contribution in [0.25, 0.3) is 0 Å². The molecule has 256 valence electrons. The zero-order chi connectivity index (χ0) is 35.2. The first-order chi connectivity index (χ1) is 21.6. The zero-order valence-corrected chi connectivity index (χ0v) is 27.8. The van der Waals surface area contributed by atoms with Crippen LogP contribution in [0.5, 0.6) is 0 Å². The molecular weight excluding hydrogens is 659 g/mol. The number of amides is 2. The fourth-order valence-electron chi connectivity index (χ4n) is 4.72. The Balaban J connectivity index is 1.92. The Bertz CT molecular complexity index is 1760. The van der Waals surface area contributed by atoms with E-state index in [9.17, 15) is 44.7 Å². The minimum Gasteiger partial charge on any atom is -0.391 e. The molecular formula is C32H38F3N3O7S2. The number of sulfone groups is 1. The number of alkyl halides is 3. The smallest absolute Gasteiger partial charge is 0.391 e. The topological polar surface area (TPSA) is 159 Å². The van der Waals surface area contributed by atoms with Crippen molar-refractivity contribution in [3.8, 4) is 0 Å². The highest BCUT2D eigenvalue weighted by molar-refractivity contribution is 7.91. The monoisotopic (exact) mass is 697 g/mol. The summed E-state index contributed by atoms with van der Waals surface area (Å²) in [5.41, 5.74) is -0.194. The van der Waals surface area contributed by atoms with Gasteiger partial charge in [-0.05, 0) is 68.7 Å². The van der Waals surface area contributed by atoms with Crippen molar-refractivity contribution in [2.75, 3.05) is 12.0 Å². The molecule has 0 saturated heterocycles. The van der Waals surface area contributed by atoms with E-state index < -0.39 is 71.9 Å². The predicted octanol–water partition coefficient (Wildman–Crippen LogP) is 3.26. The Morgan fingerprint density at radius 1 is 0.830 bits per heavy atom. The molecule has 0 unspecified atom stereocenters. The SMILES string of the molecule is CC(C)(C)NC(=O)c1ccccc1C[C@@H](O)[C@H](Cc1ccccc1)NC(=O)[C@@H](CS(=O)(=O)c1ccc(C(F)(F)F)cc1)NS(C)(=O)=O. The molecule has 4 N–H and O–H groups in total. The molecule has 3 aromatic rings. The van der Waals surface area contributed by atoms with Crippen molar-refractivity contribution in [1.82, 2.24) is 15.4 Å². The minimum absolute atomic E-state index is 0.0430. The first kappa shape index (κ1) is 37.7. The van der Waals surface area contributed by atoms with Crippen molar-refractivity contribution in [3.63, 3.8) is 0 Å². The van der Waals surface area contributed by atoms with Crippen molar-refractivity contribution < 1.29 is 44.7 Å². The molecule has 0 aliphatic heterocycles. The van der Waals surface area contributed by atoms with Crippen LogP contribution in [0.3, 0.4) is 0 Å². The highest BCUT2D eigenvalue weighted by atomic mass is 32.2. The van der Waals surface area contributed by atoms with E-state index in [2.05, 4.69) is 10.6 Å². The largest absolute Gasteiger partial charge is 0.416 e. The molecule has 0 aliphatic rings. The number of halogens is 3. The molecule has 3 atom stereocenters. The van der Waals surface area contributed by atoms with Gasteiger partial charge in [-0.25, -0.2) is 21.6 Å². The van der Waals surface area contributed by atoms with Gasteiger partial charge in [0, 0.05) is 17.5 Å². The predicted molar refractivity (Wildman–Crippen MR) is 171 cm³/mol. The number of hydrogen-bond donors (Lipinski definition) is 4. The van der Waals surface area contributed by atoms with Crippen LogP contribution in [-0.4, -0.2) is 69.5 Å². The molecule has 0 heterocycles. The van der Waals surface area contributed by atoms with Gasteiger partial charge in [-0.2, -0.15) is 13.2 Å². The van der Waals surface area contributed by atoms with E-state index in [1.165, 1.54) is 0 Å². The van der Waals surface area contributed by atoms with Crippen LogP contribution in [0, 0.1) is 0 Å². The number of nitrogens with one attached hydrogen (secondary N) is 3. The highest BCUT2D eigenvalue weighted by Gasteiger charge is 2.34. The lowest BCUT2D eigenvalue weighted by molar-refractivity contribution is -0.137. The van der Waals surface area contributed by atoms with Gasteiger partial charge >= 0.3 is 6.18 Å². The van der Waals surface area contributed by atoms with E-state index in [1.807, 2.05) is 25.5 Å². The molecule has 2 amide bonds. The van der Waals surface area contributed by atoms with Crippen molar-refractivity contribution >= 4 is 31.7 Å². The van der Waals surface area contributed by atoms with Gasteiger partial charge in [0.05, 0.1) is 34.6 Å². The first-order valence-electron chi connectivity index (χ1n) is 14.4. The molecule has 3 aromatic carbocycles. The standard InChI is InChI=1S/C32H38F3N3O7S2/c1-31(2,3)37-29(40)25-13-9-8-12-22(25)19-28(39)26(18-21-10-6-5-7-11-21)36-30(41)27(38-46(4,42)43)20-47(44,45)24-16-14-23(15-17-24)32(33,34)35/h5-17,26-28,38-39H,18-20H2,1-4H3,(H,36,41)(H,37,40)/t26-,27+,28+/m0/s1. The molecule has 10 nitrogen and oxygen atoms in total. The second kappa shape index (κ2) is 15.0. The van der Waals surface area contributed by atoms with Gasteiger partial charge in [0.15, 0.2) is 9.84 Å². The third kappa shape index (κ3) is 11.8. The number of aliphatic hydroxyl groups excluding tert-OH is 1. The molecule has 47 heavy (non-hydrogen) atoms. The van der Waals surface area contributed by atoms with Gasteiger partial charge < -0.3 is 15.7 Å². The fourth-order valence-corrected chi connectivity index (χ4v) is 6.95. The molecule has 3 rings (SSSR count). The van der Waals surface area contributed by atoms with Gasteiger partial charge in [0.2, 0.25) is 15.9 Å². The quantitative estimate of drug-likeness (QED) is 0.214. The van der Waals surface area contributed by atoms with Crippen LogP contribution in [0.1, 0.15) is 47.8 Å². The molecule has 0 aromatic heterocycles. The van der Waals surface area contributed by atoms with Crippen molar-refractivity contribution in [1.29, 1.82) is 0 Å². The van der Waals surface area contributed by atoms with Crippen molar-refractivity contribution in [2.24, 2.45) is 0 Å². The summed E-state index contributed by atoms with van der Waals surface area (Å²) in [6.07, 6.45) is -5.41. The Morgan fingerprint density at radius 3 is 1.96 bits per heavy atom. The average Bonchev–Trinajstić information content (AvgIpc) is 2.95. The maximum absolute atomic E-state index is 13.6. The fraction of sp³-hybridized carbons (Fsp3) is 0.375. The zero-order valence-electron chi connectivity index (χ0n) is 26.2. The first-order valence-corrected chi connectivity index (χ1v) is 18.0. The lowest BCUT2D eigenvalue weighted by Gasteiger charge is -2.28. The van der Waals surface area contributed by atoms with Crippen LogP contribution < -0.4 is 15.4 Å². The second-order valence-electron chi connectivity index (χ2n) is 12.2. The summed E-state index contributed by atoms with van der Waals surface area (Å²) in [5.74, 6) is -2.60. The molecule has 0 bridgehead atoms. The molecule has 0 fully saturated rings. The van der Waals surface area contributed by atoms with E-state index in [-0.39, 0.29) is 18.7 Å². The summed E-state index contributed by atoms with van der Waals surface area (Å²) in [6.45, 7) is 5.44. The van der Waals surface area contributed by atoms with Crippen molar-refractivity contribution in [3.05, 3.63) is 101 Å². The van der Waals surface area contributed by atoms with E-state index in [0.29, 0.717) is 35.1 Å². The summed E-state index contributed by atoms with van der Waals surface area (Å²) in [5, 5.41) is 16.9. The van der Waals surface area contributed by atoms with Crippen LogP contribution in [0.2, 0.25) is 0 Å². The maximum Gasteiger partial charge on any atom is 0.416 e. The number of rotatable bonds is 13. The Kier molecular flexibility index (Phi) is 12.0. The normalized spacial score (nSPS) is 14.6. The Labute approximate surface area is 272 Å².